The van der Waals surface area contributed by atoms with Crippen LogP contribution in [0.25, 0.3) is 0 Å². The predicted molar refractivity (Wildman–Crippen MR) is 81.6 cm³/mol. The normalized spacial score (nSPS) is 17.1. The zero-order valence-corrected chi connectivity index (χ0v) is 13.7. The summed E-state index contributed by atoms with van der Waals surface area (Å²) in [5, 5.41) is 1.82. The predicted octanol–water partition coefficient (Wildman–Crippen LogP) is 2.29. The maximum atomic E-state index is 12.6. The van der Waals surface area contributed by atoms with Crippen molar-refractivity contribution in [3.8, 4) is 0 Å². The van der Waals surface area contributed by atoms with Crippen molar-refractivity contribution in [2.24, 2.45) is 0 Å². The van der Waals surface area contributed by atoms with Crippen LogP contribution in [0, 0.1) is 0 Å². The number of nitrogens with zero attached hydrogens (tertiary/aromatic N) is 3. The lowest BCUT2D eigenvalue weighted by molar-refractivity contribution is -0.139. The highest BCUT2D eigenvalue weighted by molar-refractivity contribution is 5.78. The molecule has 1 aromatic rings. The topological polar surface area (TPSA) is 48.5 Å². The van der Waals surface area contributed by atoms with Gasteiger partial charge in [0.1, 0.15) is 12.4 Å². The minimum absolute atomic E-state index is 0.162. The van der Waals surface area contributed by atoms with E-state index in [1.54, 1.807) is 9.80 Å². The molecule has 0 bridgehead atoms. The molecule has 0 saturated carbocycles. The van der Waals surface area contributed by atoms with Crippen LogP contribution in [-0.4, -0.2) is 61.2 Å². The highest BCUT2D eigenvalue weighted by Crippen LogP contribution is 2.29. The van der Waals surface area contributed by atoms with Gasteiger partial charge in [0.2, 0.25) is 5.91 Å². The Balaban J connectivity index is 1.87. The second-order valence-corrected chi connectivity index (χ2v) is 5.91. The number of carbonyl (C=O) groups excluding carboxylic acids is 1. The number of rotatable bonds is 4. The van der Waals surface area contributed by atoms with Crippen LogP contribution < -0.4 is 10.2 Å². The van der Waals surface area contributed by atoms with Crippen molar-refractivity contribution in [3.05, 3.63) is 23.9 Å². The molecule has 1 aliphatic rings. The molecule has 0 unspecified atom stereocenters. The van der Waals surface area contributed by atoms with Crippen molar-refractivity contribution in [2.75, 3.05) is 44.2 Å². The summed E-state index contributed by atoms with van der Waals surface area (Å²) in [6.45, 7) is 0.286. The van der Waals surface area contributed by atoms with Gasteiger partial charge in [-0.3, -0.25) is 9.69 Å². The summed E-state index contributed by atoms with van der Waals surface area (Å²) >= 11 is 0. The minimum atomic E-state index is -4.46. The van der Waals surface area contributed by atoms with Crippen molar-refractivity contribution in [3.63, 3.8) is 0 Å². The molecule has 0 aromatic carbocycles. The smallest absolute Gasteiger partial charge is 0.355 e. The van der Waals surface area contributed by atoms with Gasteiger partial charge in [0.25, 0.3) is 0 Å². The van der Waals surface area contributed by atoms with Crippen LogP contribution in [0.1, 0.15) is 12.0 Å². The van der Waals surface area contributed by atoms with Crippen LogP contribution in [-0.2, 0) is 11.0 Å². The van der Waals surface area contributed by atoms with Crippen LogP contribution in [0.3, 0.4) is 0 Å². The first-order valence-corrected chi connectivity index (χ1v) is 7.88. The van der Waals surface area contributed by atoms with Gasteiger partial charge >= 0.3 is 12.4 Å². The first kappa shape index (κ1) is 20.3. The van der Waals surface area contributed by atoms with Crippen molar-refractivity contribution in [1.82, 2.24) is 15.2 Å². The maximum Gasteiger partial charge on any atom is 0.417 e. The highest BCUT2D eigenvalue weighted by atomic mass is 19.4. The summed E-state index contributed by atoms with van der Waals surface area (Å²) < 4.78 is 74.0. The Morgan fingerprint density at radius 2 is 1.81 bits per heavy atom. The number of amides is 1. The zero-order valence-electron chi connectivity index (χ0n) is 13.7. The van der Waals surface area contributed by atoms with E-state index in [4.69, 9.17) is 0 Å². The second kappa shape index (κ2) is 8.11. The van der Waals surface area contributed by atoms with Crippen molar-refractivity contribution >= 4 is 11.7 Å². The van der Waals surface area contributed by atoms with E-state index in [-0.39, 0.29) is 6.54 Å². The van der Waals surface area contributed by atoms with Crippen LogP contribution in [0.5, 0.6) is 0 Å². The van der Waals surface area contributed by atoms with Gasteiger partial charge in [-0.1, -0.05) is 0 Å². The van der Waals surface area contributed by atoms with E-state index < -0.39 is 30.4 Å². The summed E-state index contributed by atoms with van der Waals surface area (Å²) in [5.74, 6) is -0.329. The Bertz CT molecular complexity index is 602. The lowest BCUT2D eigenvalue weighted by Gasteiger charge is -2.23. The Hall–Kier alpha value is -2.04. The average Bonchev–Trinajstić information content (AvgIpc) is 2.77. The van der Waals surface area contributed by atoms with E-state index in [1.807, 2.05) is 5.32 Å². The van der Waals surface area contributed by atoms with Crippen molar-refractivity contribution in [1.29, 1.82) is 0 Å². The number of alkyl halides is 6. The molecule has 1 saturated heterocycles. The largest absolute Gasteiger partial charge is 0.417 e. The van der Waals surface area contributed by atoms with Gasteiger partial charge in [-0.25, -0.2) is 4.98 Å². The van der Waals surface area contributed by atoms with E-state index in [0.717, 1.165) is 12.3 Å². The van der Waals surface area contributed by atoms with Gasteiger partial charge in [0.15, 0.2) is 0 Å². The third-order valence-electron chi connectivity index (χ3n) is 3.84. The number of anilines is 1. The lowest BCUT2D eigenvalue weighted by Crippen LogP contribution is -2.42. The molecule has 1 amide bonds. The molecule has 2 heterocycles. The van der Waals surface area contributed by atoms with E-state index in [9.17, 15) is 31.1 Å². The summed E-state index contributed by atoms with van der Waals surface area (Å²) in [4.78, 5) is 18.9. The molecule has 146 valence electrons. The summed E-state index contributed by atoms with van der Waals surface area (Å²) in [6.07, 6.45) is -7.54. The third-order valence-corrected chi connectivity index (χ3v) is 3.84. The molecule has 0 spiro atoms. The van der Waals surface area contributed by atoms with E-state index >= 15 is 0 Å². The summed E-state index contributed by atoms with van der Waals surface area (Å²) in [7, 11) is 0. The van der Waals surface area contributed by atoms with Gasteiger partial charge in [-0.2, -0.15) is 26.3 Å². The van der Waals surface area contributed by atoms with Crippen molar-refractivity contribution < 1.29 is 31.1 Å². The van der Waals surface area contributed by atoms with Crippen LogP contribution in [0.2, 0.25) is 0 Å². The second-order valence-electron chi connectivity index (χ2n) is 5.91. The third kappa shape index (κ3) is 6.36. The van der Waals surface area contributed by atoms with Crippen molar-refractivity contribution in [2.45, 2.75) is 18.8 Å². The Kier molecular flexibility index (Phi) is 6.32. The number of carbonyl (C=O) groups is 1. The Morgan fingerprint density at radius 3 is 2.38 bits per heavy atom. The maximum absolute atomic E-state index is 12.6. The molecular weight excluding hydrogens is 366 g/mol. The van der Waals surface area contributed by atoms with Gasteiger partial charge in [-0.15, -0.1) is 0 Å². The van der Waals surface area contributed by atoms with Gasteiger partial charge in [-0.05, 0) is 18.6 Å². The van der Waals surface area contributed by atoms with E-state index in [2.05, 4.69) is 4.98 Å². The number of hydrogen-bond donors (Lipinski definition) is 1. The lowest BCUT2D eigenvalue weighted by atomic mass is 10.2. The molecule has 2 rings (SSSR count). The number of hydrogen-bond acceptors (Lipinski definition) is 4. The Labute approximate surface area is 146 Å². The molecule has 1 aliphatic heterocycles. The molecule has 0 aliphatic carbocycles. The van der Waals surface area contributed by atoms with Crippen LogP contribution in [0.15, 0.2) is 18.3 Å². The van der Waals surface area contributed by atoms with Crippen LogP contribution in [0.4, 0.5) is 32.2 Å². The highest BCUT2D eigenvalue weighted by Gasteiger charge is 2.31. The first-order valence-electron chi connectivity index (χ1n) is 7.88. The van der Waals surface area contributed by atoms with E-state index in [0.29, 0.717) is 38.4 Å². The monoisotopic (exact) mass is 384 g/mol. The number of nitrogens with one attached hydrogen (secondary N) is 1. The standard InChI is InChI=1S/C15H18F6N4O/c16-14(17,18)10-23-13(26)9-24-4-1-5-25(7-6-24)12-3-2-11(8-22-12)15(19,20)21/h2-3,8H,1,4-7,9-10H2,(H,23,26). The molecule has 5 nitrogen and oxygen atoms in total. The summed E-state index contributed by atoms with van der Waals surface area (Å²) in [6, 6.07) is 2.24. The first-order chi connectivity index (χ1) is 12.0. The van der Waals surface area contributed by atoms with Gasteiger partial charge in [0.05, 0.1) is 12.1 Å². The number of pyridine rings is 1. The average molecular weight is 384 g/mol. The SMILES string of the molecule is O=C(CN1CCCN(c2ccc(C(F)(F)F)cn2)CC1)NCC(F)(F)F. The molecule has 11 heteroatoms. The zero-order chi connectivity index (χ0) is 19.4. The quantitative estimate of drug-likeness (QED) is 0.810. The fourth-order valence-electron chi connectivity index (χ4n) is 2.56. The van der Waals surface area contributed by atoms with Crippen LogP contribution >= 0.6 is 0 Å². The summed E-state index contributed by atoms with van der Waals surface area (Å²) in [5.41, 5.74) is -0.834. The fraction of sp³-hybridized carbons (Fsp3) is 0.600. The number of halogens is 6. The molecular formula is C15H18F6N4O. The molecule has 1 aromatic heterocycles. The van der Waals surface area contributed by atoms with E-state index in [1.165, 1.54) is 6.07 Å². The Morgan fingerprint density at radius 1 is 1.08 bits per heavy atom. The molecule has 26 heavy (non-hydrogen) atoms. The molecule has 1 fully saturated rings. The fourth-order valence-corrected chi connectivity index (χ4v) is 2.56. The molecule has 0 radical (unpaired) electrons. The minimum Gasteiger partial charge on any atom is -0.355 e. The molecule has 1 N–H and O–H groups in total. The number of aromatic nitrogens is 1. The van der Waals surface area contributed by atoms with Gasteiger partial charge in [0, 0.05) is 32.4 Å². The van der Waals surface area contributed by atoms with Gasteiger partial charge < -0.3 is 10.2 Å². The molecule has 0 atom stereocenters.